The van der Waals surface area contributed by atoms with E-state index in [4.69, 9.17) is 0 Å². The highest BCUT2D eigenvalue weighted by molar-refractivity contribution is 5.05. The van der Waals surface area contributed by atoms with Crippen molar-refractivity contribution in [3.05, 3.63) is 11.4 Å². The largest absolute Gasteiger partial charge is 0.394 e. The Bertz CT molecular complexity index is 242. The van der Waals surface area contributed by atoms with E-state index in [1.807, 2.05) is 0 Å². The summed E-state index contributed by atoms with van der Waals surface area (Å²) in [6.45, 7) is 1.41. The van der Waals surface area contributed by atoms with Gasteiger partial charge in [-0.2, -0.15) is 13.2 Å². The third kappa shape index (κ3) is 2.21. The Hall–Kier alpha value is -1.07. The third-order valence-corrected chi connectivity index (χ3v) is 1.11. The van der Waals surface area contributed by atoms with Crippen molar-refractivity contribution >= 4 is 0 Å². The van der Waals surface area contributed by atoms with E-state index in [1.165, 1.54) is 6.92 Å². The SMILES string of the molecule is Cc1nonc1CC(F)(F)F. The predicted molar refractivity (Wildman–Crippen MR) is 28.8 cm³/mol. The molecular formula is C5H5F3N2O. The molecule has 0 aromatic carbocycles. The minimum Gasteiger partial charge on any atom is -0.244 e. The number of nitrogens with zero attached hydrogens (tertiary/aromatic N) is 2. The summed E-state index contributed by atoms with van der Waals surface area (Å²) in [6.07, 6.45) is -5.33. The summed E-state index contributed by atoms with van der Waals surface area (Å²) >= 11 is 0. The number of aryl methyl sites for hydroxylation is 1. The van der Waals surface area contributed by atoms with E-state index in [9.17, 15) is 13.2 Å². The maximum Gasteiger partial charge on any atom is 0.394 e. The zero-order chi connectivity index (χ0) is 8.48. The minimum atomic E-state index is -4.25. The minimum absolute atomic E-state index is 0.155. The Morgan fingerprint density at radius 3 is 2.36 bits per heavy atom. The molecule has 1 aromatic rings. The number of hydrogen-bond donors (Lipinski definition) is 0. The van der Waals surface area contributed by atoms with Crippen LogP contribution in [0.5, 0.6) is 0 Å². The molecule has 0 N–H and O–H groups in total. The monoisotopic (exact) mass is 166 g/mol. The topological polar surface area (TPSA) is 38.9 Å². The van der Waals surface area contributed by atoms with Gasteiger partial charge >= 0.3 is 6.18 Å². The fraction of sp³-hybridized carbons (Fsp3) is 0.600. The Morgan fingerprint density at radius 2 is 2.00 bits per heavy atom. The van der Waals surface area contributed by atoms with Gasteiger partial charge in [0.1, 0.15) is 11.4 Å². The lowest BCUT2D eigenvalue weighted by Crippen LogP contribution is -2.12. The van der Waals surface area contributed by atoms with E-state index in [0.29, 0.717) is 0 Å². The first kappa shape index (κ1) is 8.03. The molecule has 0 saturated heterocycles. The van der Waals surface area contributed by atoms with Crippen molar-refractivity contribution in [3.63, 3.8) is 0 Å². The lowest BCUT2D eigenvalue weighted by atomic mass is 10.2. The predicted octanol–water partition coefficient (Wildman–Crippen LogP) is 1.48. The summed E-state index contributed by atoms with van der Waals surface area (Å²) in [5.41, 5.74) is 0.0276. The molecule has 62 valence electrons. The van der Waals surface area contributed by atoms with Crippen molar-refractivity contribution in [1.82, 2.24) is 10.3 Å². The molecule has 0 aliphatic heterocycles. The standard InChI is InChI=1S/C5H5F3N2O/c1-3-4(10-11-9-3)2-5(6,7)8/h2H2,1H3. The molecule has 11 heavy (non-hydrogen) atoms. The summed E-state index contributed by atoms with van der Waals surface area (Å²) in [4.78, 5) is 0. The van der Waals surface area contributed by atoms with E-state index in [1.54, 1.807) is 0 Å². The van der Waals surface area contributed by atoms with Gasteiger partial charge in [0.25, 0.3) is 0 Å². The molecule has 0 unspecified atom stereocenters. The van der Waals surface area contributed by atoms with Crippen molar-refractivity contribution in [3.8, 4) is 0 Å². The van der Waals surface area contributed by atoms with Crippen LogP contribution in [0.1, 0.15) is 11.4 Å². The summed E-state index contributed by atoms with van der Waals surface area (Å²) < 4.78 is 39.2. The first-order valence-electron chi connectivity index (χ1n) is 2.84. The molecule has 0 fully saturated rings. The third-order valence-electron chi connectivity index (χ3n) is 1.11. The maximum absolute atomic E-state index is 11.7. The van der Waals surface area contributed by atoms with Gasteiger partial charge in [-0.25, -0.2) is 4.63 Å². The van der Waals surface area contributed by atoms with Gasteiger partial charge in [-0.15, -0.1) is 0 Å². The smallest absolute Gasteiger partial charge is 0.244 e. The second-order valence-corrected chi connectivity index (χ2v) is 2.09. The highest BCUT2D eigenvalue weighted by Crippen LogP contribution is 2.20. The van der Waals surface area contributed by atoms with E-state index in [-0.39, 0.29) is 11.4 Å². The summed E-state index contributed by atoms with van der Waals surface area (Å²) in [6, 6.07) is 0. The first-order valence-corrected chi connectivity index (χ1v) is 2.84. The van der Waals surface area contributed by atoms with Crippen LogP contribution in [0.3, 0.4) is 0 Å². The molecule has 1 rings (SSSR count). The lowest BCUT2D eigenvalue weighted by molar-refractivity contribution is -0.128. The number of alkyl halides is 3. The molecular weight excluding hydrogens is 161 g/mol. The molecule has 3 nitrogen and oxygen atoms in total. The first-order chi connectivity index (χ1) is 4.99. The van der Waals surface area contributed by atoms with Crippen LogP contribution in [-0.4, -0.2) is 16.5 Å². The average Bonchev–Trinajstić information content (AvgIpc) is 2.12. The summed E-state index contributed by atoms with van der Waals surface area (Å²) in [5.74, 6) is 0. The van der Waals surface area contributed by atoms with Gasteiger partial charge in [-0.3, -0.25) is 0 Å². The molecule has 0 bridgehead atoms. The number of hydrogen-bond acceptors (Lipinski definition) is 3. The fourth-order valence-electron chi connectivity index (χ4n) is 0.600. The molecule has 0 atom stereocenters. The molecule has 1 aromatic heterocycles. The number of aromatic nitrogens is 2. The van der Waals surface area contributed by atoms with Crippen LogP contribution >= 0.6 is 0 Å². The van der Waals surface area contributed by atoms with Crippen molar-refractivity contribution in [2.75, 3.05) is 0 Å². The lowest BCUT2D eigenvalue weighted by Gasteiger charge is -2.01. The summed E-state index contributed by atoms with van der Waals surface area (Å²) in [5, 5.41) is 6.31. The van der Waals surface area contributed by atoms with Crippen molar-refractivity contribution < 1.29 is 17.8 Å². The Kier molecular flexibility index (Phi) is 1.84. The van der Waals surface area contributed by atoms with E-state index < -0.39 is 12.6 Å². The highest BCUT2D eigenvalue weighted by atomic mass is 19.4. The van der Waals surface area contributed by atoms with Crippen LogP contribution in [0.25, 0.3) is 0 Å². The van der Waals surface area contributed by atoms with Gasteiger partial charge in [0.2, 0.25) is 0 Å². The van der Waals surface area contributed by atoms with Crippen molar-refractivity contribution in [1.29, 1.82) is 0 Å². The molecule has 1 heterocycles. The quantitative estimate of drug-likeness (QED) is 0.634. The van der Waals surface area contributed by atoms with Crippen LogP contribution in [0.15, 0.2) is 4.63 Å². The Labute approximate surface area is 60.2 Å². The molecule has 0 aliphatic carbocycles. The molecule has 0 spiro atoms. The zero-order valence-corrected chi connectivity index (χ0v) is 5.64. The van der Waals surface area contributed by atoms with Gasteiger partial charge in [-0.1, -0.05) is 10.3 Å². The van der Waals surface area contributed by atoms with Gasteiger partial charge < -0.3 is 0 Å². The van der Waals surface area contributed by atoms with Gasteiger partial charge in [-0.05, 0) is 6.92 Å². The fourth-order valence-corrected chi connectivity index (χ4v) is 0.600. The van der Waals surface area contributed by atoms with Gasteiger partial charge in [0.15, 0.2) is 0 Å². The zero-order valence-electron chi connectivity index (χ0n) is 5.64. The van der Waals surface area contributed by atoms with Crippen molar-refractivity contribution in [2.24, 2.45) is 0 Å². The Morgan fingerprint density at radius 1 is 1.36 bits per heavy atom. The molecule has 0 radical (unpaired) electrons. The van der Waals surface area contributed by atoms with Gasteiger partial charge in [0, 0.05) is 0 Å². The van der Waals surface area contributed by atoms with E-state index in [2.05, 4.69) is 14.9 Å². The number of rotatable bonds is 1. The number of halogens is 3. The van der Waals surface area contributed by atoms with Gasteiger partial charge in [0.05, 0.1) is 6.42 Å². The molecule has 0 aliphatic rings. The molecule has 6 heteroatoms. The average molecular weight is 166 g/mol. The molecule has 0 saturated carbocycles. The van der Waals surface area contributed by atoms with Crippen LogP contribution in [0.2, 0.25) is 0 Å². The molecule has 0 amide bonds. The van der Waals surface area contributed by atoms with Crippen LogP contribution < -0.4 is 0 Å². The second kappa shape index (κ2) is 2.52. The van der Waals surface area contributed by atoms with Crippen LogP contribution in [0.4, 0.5) is 13.2 Å². The van der Waals surface area contributed by atoms with Crippen LogP contribution in [-0.2, 0) is 6.42 Å². The highest BCUT2D eigenvalue weighted by Gasteiger charge is 2.30. The van der Waals surface area contributed by atoms with Crippen molar-refractivity contribution in [2.45, 2.75) is 19.5 Å². The normalized spacial score (nSPS) is 12.0. The van der Waals surface area contributed by atoms with E-state index in [0.717, 1.165) is 0 Å². The maximum atomic E-state index is 11.7. The van der Waals surface area contributed by atoms with Crippen LogP contribution in [0, 0.1) is 6.92 Å². The van der Waals surface area contributed by atoms with E-state index >= 15 is 0 Å². The summed E-state index contributed by atoms with van der Waals surface area (Å²) in [7, 11) is 0. The Balaban J connectivity index is 2.72. The second-order valence-electron chi connectivity index (χ2n) is 2.09.